The van der Waals surface area contributed by atoms with Gasteiger partial charge < -0.3 is 15.6 Å². The summed E-state index contributed by atoms with van der Waals surface area (Å²) in [6, 6.07) is 4.96. The molecule has 0 spiro atoms. The van der Waals surface area contributed by atoms with E-state index in [0.717, 1.165) is 0 Å². The van der Waals surface area contributed by atoms with Crippen LogP contribution in [0.15, 0.2) is 18.2 Å². The zero-order valence-corrected chi connectivity index (χ0v) is 7.21. The van der Waals surface area contributed by atoms with Gasteiger partial charge in [-0.05, 0) is 18.2 Å². The monoisotopic (exact) mass is 187 g/mol. The van der Waals surface area contributed by atoms with Gasteiger partial charge in [0.1, 0.15) is 12.4 Å². The van der Waals surface area contributed by atoms with E-state index >= 15 is 0 Å². The number of anilines is 1. The van der Waals surface area contributed by atoms with E-state index in [-0.39, 0.29) is 13.2 Å². The van der Waals surface area contributed by atoms with Crippen LogP contribution >= 0.6 is 11.6 Å². The highest BCUT2D eigenvalue weighted by atomic mass is 35.5. The van der Waals surface area contributed by atoms with Gasteiger partial charge >= 0.3 is 0 Å². The van der Waals surface area contributed by atoms with Crippen molar-refractivity contribution in [2.75, 3.05) is 18.9 Å². The predicted molar refractivity (Wildman–Crippen MR) is 48.4 cm³/mol. The summed E-state index contributed by atoms with van der Waals surface area (Å²) in [4.78, 5) is 0. The van der Waals surface area contributed by atoms with Crippen LogP contribution in [0, 0.1) is 0 Å². The number of halogens is 1. The van der Waals surface area contributed by atoms with Gasteiger partial charge in [0, 0.05) is 5.02 Å². The third kappa shape index (κ3) is 2.29. The molecule has 0 aliphatic rings. The Balaban J connectivity index is 2.72. The Kier molecular flexibility index (Phi) is 3.19. The first-order valence-electron chi connectivity index (χ1n) is 3.52. The number of nitrogen functional groups attached to an aromatic ring is 1. The van der Waals surface area contributed by atoms with Gasteiger partial charge in [0.15, 0.2) is 0 Å². The van der Waals surface area contributed by atoms with Gasteiger partial charge in [-0.15, -0.1) is 0 Å². The lowest BCUT2D eigenvalue weighted by molar-refractivity contribution is 0.202. The van der Waals surface area contributed by atoms with Gasteiger partial charge in [-0.25, -0.2) is 0 Å². The number of rotatable bonds is 3. The molecule has 12 heavy (non-hydrogen) atoms. The van der Waals surface area contributed by atoms with Crippen LogP contribution in [0.3, 0.4) is 0 Å². The lowest BCUT2D eigenvalue weighted by Gasteiger charge is -2.06. The molecular formula is C8H10ClNO2. The average molecular weight is 188 g/mol. The average Bonchev–Trinajstić information content (AvgIpc) is 2.03. The van der Waals surface area contributed by atoms with E-state index in [1.165, 1.54) is 0 Å². The van der Waals surface area contributed by atoms with Crippen molar-refractivity contribution >= 4 is 17.3 Å². The summed E-state index contributed by atoms with van der Waals surface area (Å²) in [6.07, 6.45) is 0. The highest BCUT2D eigenvalue weighted by Crippen LogP contribution is 2.24. The first kappa shape index (κ1) is 9.16. The lowest BCUT2D eigenvalue weighted by atomic mass is 10.3. The number of ether oxygens (including phenoxy) is 1. The van der Waals surface area contributed by atoms with E-state index in [2.05, 4.69) is 0 Å². The maximum atomic E-state index is 8.48. The maximum Gasteiger partial charge on any atom is 0.142 e. The van der Waals surface area contributed by atoms with Gasteiger partial charge in [-0.1, -0.05) is 11.6 Å². The number of aliphatic hydroxyl groups is 1. The van der Waals surface area contributed by atoms with E-state index in [4.69, 9.17) is 27.2 Å². The lowest BCUT2D eigenvalue weighted by Crippen LogP contribution is -2.03. The summed E-state index contributed by atoms with van der Waals surface area (Å²) in [5.74, 6) is 0.549. The number of benzene rings is 1. The molecule has 0 aliphatic carbocycles. The highest BCUT2D eigenvalue weighted by molar-refractivity contribution is 6.30. The molecule has 0 fully saturated rings. The molecule has 0 amide bonds. The Morgan fingerprint density at radius 2 is 2.25 bits per heavy atom. The number of hydrogen-bond acceptors (Lipinski definition) is 3. The van der Waals surface area contributed by atoms with Gasteiger partial charge in [0.25, 0.3) is 0 Å². The molecular weight excluding hydrogens is 178 g/mol. The summed E-state index contributed by atoms with van der Waals surface area (Å²) in [6.45, 7) is 0.216. The SMILES string of the molecule is Nc1cc(Cl)ccc1OCCO. The summed E-state index contributed by atoms with van der Waals surface area (Å²) >= 11 is 5.67. The topological polar surface area (TPSA) is 55.5 Å². The van der Waals surface area contributed by atoms with Crippen molar-refractivity contribution < 1.29 is 9.84 Å². The van der Waals surface area contributed by atoms with E-state index in [1.54, 1.807) is 18.2 Å². The summed E-state index contributed by atoms with van der Waals surface area (Å²) < 4.78 is 5.11. The smallest absolute Gasteiger partial charge is 0.142 e. The molecule has 4 heteroatoms. The summed E-state index contributed by atoms with van der Waals surface area (Å²) in [5.41, 5.74) is 6.05. The molecule has 3 nitrogen and oxygen atoms in total. The van der Waals surface area contributed by atoms with Gasteiger partial charge in [0.05, 0.1) is 12.3 Å². The van der Waals surface area contributed by atoms with Crippen molar-refractivity contribution in [3.8, 4) is 5.75 Å². The van der Waals surface area contributed by atoms with Crippen LogP contribution in [-0.2, 0) is 0 Å². The fourth-order valence-corrected chi connectivity index (χ4v) is 0.987. The van der Waals surface area contributed by atoms with E-state index in [1.807, 2.05) is 0 Å². The van der Waals surface area contributed by atoms with Crippen LogP contribution in [0.25, 0.3) is 0 Å². The van der Waals surface area contributed by atoms with Gasteiger partial charge in [0.2, 0.25) is 0 Å². The van der Waals surface area contributed by atoms with Crippen LogP contribution in [0.2, 0.25) is 5.02 Å². The molecule has 66 valence electrons. The maximum absolute atomic E-state index is 8.48. The molecule has 0 atom stereocenters. The Morgan fingerprint density at radius 3 is 2.83 bits per heavy atom. The second-order valence-electron chi connectivity index (χ2n) is 2.25. The molecule has 0 aliphatic heterocycles. The first-order valence-corrected chi connectivity index (χ1v) is 3.90. The molecule has 3 N–H and O–H groups in total. The zero-order chi connectivity index (χ0) is 8.97. The third-order valence-electron chi connectivity index (χ3n) is 1.32. The molecule has 1 aromatic rings. The second kappa shape index (κ2) is 4.18. The molecule has 0 bridgehead atoms. The molecule has 0 heterocycles. The number of aliphatic hydroxyl groups excluding tert-OH is 1. The highest BCUT2D eigenvalue weighted by Gasteiger charge is 1.99. The Hall–Kier alpha value is -0.930. The molecule has 0 saturated heterocycles. The third-order valence-corrected chi connectivity index (χ3v) is 1.56. The van der Waals surface area contributed by atoms with E-state index < -0.39 is 0 Å². The van der Waals surface area contributed by atoms with Crippen molar-refractivity contribution in [3.63, 3.8) is 0 Å². The Morgan fingerprint density at radius 1 is 1.50 bits per heavy atom. The van der Waals surface area contributed by atoms with Crippen LogP contribution in [0.4, 0.5) is 5.69 Å². The molecule has 0 aromatic heterocycles. The molecule has 0 unspecified atom stereocenters. The zero-order valence-electron chi connectivity index (χ0n) is 6.46. The van der Waals surface area contributed by atoms with E-state index in [0.29, 0.717) is 16.5 Å². The Bertz CT molecular complexity index is 265. The minimum atomic E-state index is -0.0257. The summed E-state index contributed by atoms with van der Waals surface area (Å²) in [7, 11) is 0. The first-order chi connectivity index (χ1) is 5.74. The Labute approximate surface area is 75.7 Å². The molecule has 0 radical (unpaired) electrons. The normalized spacial score (nSPS) is 9.83. The number of nitrogens with two attached hydrogens (primary N) is 1. The van der Waals surface area contributed by atoms with Crippen LogP contribution < -0.4 is 10.5 Å². The van der Waals surface area contributed by atoms with Crippen LogP contribution in [0.5, 0.6) is 5.75 Å². The molecule has 1 rings (SSSR count). The minimum Gasteiger partial charge on any atom is -0.489 e. The van der Waals surface area contributed by atoms with Gasteiger partial charge in [-0.2, -0.15) is 0 Å². The van der Waals surface area contributed by atoms with Crippen molar-refractivity contribution in [1.29, 1.82) is 0 Å². The number of hydrogen-bond donors (Lipinski definition) is 2. The molecule has 0 saturated carbocycles. The van der Waals surface area contributed by atoms with E-state index in [9.17, 15) is 0 Å². The molecule has 1 aromatic carbocycles. The summed E-state index contributed by atoms with van der Waals surface area (Å²) in [5, 5.41) is 9.05. The second-order valence-corrected chi connectivity index (χ2v) is 2.69. The van der Waals surface area contributed by atoms with Crippen molar-refractivity contribution in [2.24, 2.45) is 0 Å². The standard InChI is InChI=1S/C8H10ClNO2/c9-6-1-2-8(7(10)5-6)12-4-3-11/h1-2,5,11H,3-4,10H2. The quantitative estimate of drug-likeness (QED) is 0.702. The fourth-order valence-electron chi connectivity index (χ4n) is 0.806. The van der Waals surface area contributed by atoms with Crippen molar-refractivity contribution in [2.45, 2.75) is 0 Å². The minimum absolute atomic E-state index is 0.0257. The fraction of sp³-hybridized carbons (Fsp3) is 0.250. The van der Waals surface area contributed by atoms with Crippen LogP contribution in [-0.4, -0.2) is 18.3 Å². The van der Waals surface area contributed by atoms with Gasteiger partial charge in [-0.3, -0.25) is 0 Å². The van der Waals surface area contributed by atoms with Crippen molar-refractivity contribution in [1.82, 2.24) is 0 Å². The van der Waals surface area contributed by atoms with Crippen LogP contribution in [0.1, 0.15) is 0 Å². The van der Waals surface area contributed by atoms with Crippen molar-refractivity contribution in [3.05, 3.63) is 23.2 Å². The largest absolute Gasteiger partial charge is 0.489 e. The predicted octanol–water partition coefficient (Wildman–Crippen LogP) is 1.29.